The summed E-state index contributed by atoms with van der Waals surface area (Å²) in [6.45, 7) is 2.85. The van der Waals surface area contributed by atoms with Gasteiger partial charge in [-0.15, -0.1) is 0 Å². The van der Waals surface area contributed by atoms with Crippen LogP contribution in [0.2, 0.25) is 0 Å². The quantitative estimate of drug-likeness (QED) is 0.832. The van der Waals surface area contributed by atoms with Crippen LogP contribution >= 0.6 is 0 Å². The molecule has 21 heavy (non-hydrogen) atoms. The summed E-state index contributed by atoms with van der Waals surface area (Å²) in [6, 6.07) is 3.56. The molecule has 0 saturated carbocycles. The second kappa shape index (κ2) is 6.34. The molecule has 0 amide bonds. The molecular formula is C14H20N4O3. The Morgan fingerprint density at radius 1 is 1.38 bits per heavy atom. The zero-order valence-corrected chi connectivity index (χ0v) is 12.3. The molecule has 0 spiro atoms. The zero-order chi connectivity index (χ0) is 15.4. The second-order valence-electron chi connectivity index (χ2n) is 4.85. The molecule has 2 rings (SSSR count). The monoisotopic (exact) mass is 292 g/mol. The van der Waals surface area contributed by atoms with Crippen molar-refractivity contribution in [1.29, 1.82) is 0 Å². The molecule has 0 aliphatic rings. The van der Waals surface area contributed by atoms with E-state index in [2.05, 4.69) is 5.32 Å². The fraction of sp³-hybridized carbons (Fsp3) is 0.429. The van der Waals surface area contributed by atoms with E-state index >= 15 is 0 Å². The van der Waals surface area contributed by atoms with Crippen molar-refractivity contribution >= 4 is 11.5 Å². The van der Waals surface area contributed by atoms with E-state index in [9.17, 15) is 9.59 Å². The molecule has 2 aromatic rings. The minimum atomic E-state index is -0.434. The topological polar surface area (TPSA) is 95.2 Å². The zero-order valence-electron chi connectivity index (χ0n) is 12.3. The van der Waals surface area contributed by atoms with Crippen molar-refractivity contribution in [3.8, 4) is 0 Å². The molecule has 2 aromatic heterocycles. The molecule has 7 heteroatoms. The number of unbranched alkanes of at least 4 members (excludes halogenated alkanes) is 1. The molecule has 0 saturated heterocycles. The minimum absolute atomic E-state index is 0.170. The van der Waals surface area contributed by atoms with E-state index in [1.165, 1.54) is 11.6 Å². The molecule has 0 radical (unpaired) electrons. The van der Waals surface area contributed by atoms with Crippen LogP contribution in [-0.2, 0) is 20.1 Å². The SMILES string of the molecule is CCCCn1c(N)c(NCc2ccco2)c(=O)n(C)c1=O. The molecule has 0 aliphatic carbocycles. The lowest BCUT2D eigenvalue weighted by Gasteiger charge is -2.15. The van der Waals surface area contributed by atoms with Gasteiger partial charge in [-0.25, -0.2) is 4.79 Å². The van der Waals surface area contributed by atoms with Crippen molar-refractivity contribution in [2.45, 2.75) is 32.9 Å². The summed E-state index contributed by atoms with van der Waals surface area (Å²) in [6.07, 6.45) is 3.31. The lowest BCUT2D eigenvalue weighted by Crippen LogP contribution is -2.40. The lowest BCUT2D eigenvalue weighted by atomic mass is 10.3. The highest BCUT2D eigenvalue weighted by molar-refractivity contribution is 5.60. The number of nitrogens with one attached hydrogen (secondary N) is 1. The first-order valence-electron chi connectivity index (χ1n) is 6.91. The first-order valence-corrected chi connectivity index (χ1v) is 6.91. The number of aromatic nitrogens is 2. The van der Waals surface area contributed by atoms with Crippen LogP contribution in [0.1, 0.15) is 25.5 Å². The Balaban J connectivity index is 2.37. The Morgan fingerprint density at radius 3 is 2.76 bits per heavy atom. The van der Waals surface area contributed by atoms with E-state index in [-0.39, 0.29) is 11.5 Å². The highest BCUT2D eigenvalue weighted by Gasteiger charge is 2.15. The maximum Gasteiger partial charge on any atom is 0.332 e. The number of hydrogen-bond acceptors (Lipinski definition) is 5. The standard InChI is InChI=1S/C14H20N4O3/c1-3-4-7-18-12(15)11(13(19)17(2)14(18)20)16-9-10-6-5-8-21-10/h5-6,8,16H,3-4,7,9,15H2,1-2H3. The Morgan fingerprint density at radius 2 is 2.14 bits per heavy atom. The van der Waals surface area contributed by atoms with Crippen molar-refractivity contribution in [3.05, 3.63) is 45.0 Å². The molecule has 7 nitrogen and oxygen atoms in total. The summed E-state index contributed by atoms with van der Waals surface area (Å²) in [5, 5.41) is 2.96. The molecule has 0 fully saturated rings. The number of nitrogens with zero attached hydrogens (tertiary/aromatic N) is 2. The number of nitrogens with two attached hydrogens (primary N) is 1. The van der Waals surface area contributed by atoms with Gasteiger partial charge in [-0.3, -0.25) is 13.9 Å². The Hall–Kier alpha value is -2.44. The van der Waals surface area contributed by atoms with Gasteiger partial charge in [0.05, 0.1) is 12.8 Å². The summed E-state index contributed by atoms with van der Waals surface area (Å²) < 4.78 is 7.70. The largest absolute Gasteiger partial charge is 0.467 e. The van der Waals surface area contributed by atoms with Gasteiger partial charge in [0.2, 0.25) is 0 Å². The Kier molecular flexibility index (Phi) is 4.52. The third kappa shape index (κ3) is 3.01. The van der Waals surface area contributed by atoms with Crippen LogP contribution in [0.3, 0.4) is 0 Å². The number of hydrogen-bond donors (Lipinski definition) is 2. The summed E-state index contributed by atoms with van der Waals surface area (Å²) in [4.78, 5) is 24.3. The fourth-order valence-corrected chi connectivity index (χ4v) is 2.07. The maximum absolute atomic E-state index is 12.2. The lowest BCUT2D eigenvalue weighted by molar-refractivity contribution is 0.517. The third-order valence-electron chi connectivity index (χ3n) is 3.34. The number of anilines is 2. The first kappa shape index (κ1) is 15.0. The summed E-state index contributed by atoms with van der Waals surface area (Å²) in [7, 11) is 1.45. The highest BCUT2D eigenvalue weighted by Crippen LogP contribution is 2.13. The van der Waals surface area contributed by atoms with Crippen molar-refractivity contribution < 1.29 is 4.42 Å². The second-order valence-corrected chi connectivity index (χ2v) is 4.85. The molecule has 0 atom stereocenters. The van der Waals surface area contributed by atoms with E-state index < -0.39 is 11.2 Å². The van der Waals surface area contributed by atoms with Crippen LogP contribution in [0.15, 0.2) is 32.4 Å². The average molecular weight is 292 g/mol. The van der Waals surface area contributed by atoms with E-state index in [1.54, 1.807) is 18.4 Å². The average Bonchev–Trinajstić information content (AvgIpc) is 2.98. The van der Waals surface area contributed by atoms with Gasteiger partial charge in [0.1, 0.15) is 17.3 Å². The predicted molar refractivity (Wildman–Crippen MR) is 81.3 cm³/mol. The number of nitrogen functional groups attached to an aromatic ring is 1. The minimum Gasteiger partial charge on any atom is -0.467 e. The van der Waals surface area contributed by atoms with E-state index in [0.29, 0.717) is 18.8 Å². The van der Waals surface area contributed by atoms with Crippen LogP contribution in [0.25, 0.3) is 0 Å². The van der Waals surface area contributed by atoms with Crippen LogP contribution in [-0.4, -0.2) is 9.13 Å². The molecule has 0 bridgehead atoms. The maximum atomic E-state index is 12.2. The molecular weight excluding hydrogens is 272 g/mol. The fourth-order valence-electron chi connectivity index (χ4n) is 2.07. The number of furan rings is 1. The van der Waals surface area contributed by atoms with Crippen molar-refractivity contribution in [1.82, 2.24) is 9.13 Å². The number of rotatable bonds is 6. The van der Waals surface area contributed by atoms with Gasteiger partial charge in [-0.05, 0) is 18.6 Å². The highest BCUT2D eigenvalue weighted by atomic mass is 16.3. The Bertz CT molecular complexity index is 713. The molecule has 2 heterocycles. The van der Waals surface area contributed by atoms with Gasteiger partial charge in [-0.2, -0.15) is 0 Å². The molecule has 0 aromatic carbocycles. The van der Waals surface area contributed by atoms with Crippen molar-refractivity contribution in [2.75, 3.05) is 11.1 Å². The first-order chi connectivity index (χ1) is 10.1. The third-order valence-corrected chi connectivity index (χ3v) is 3.34. The Labute approximate surface area is 122 Å². The van der Waals surface area contributed by atoms with Crippen molar-refractivity contribution in [2.24, 2.45) is 7.05 Å². The molecule has 114 valence electrons. The van der Waals surface area contributed by atoms with Gasteiger partial charge in [-0.1, -0.05) is 13.3 Å². The van der Waals surface area contributed by atoms with Crippen molar-refractivity contribution in [3.63, 3.8) is 0 Å². The smallest absolute Gasteiger partial charge is 0.332 e. The van der Waals surface area contributed by atoms with Gasteiger partial charge in [0.15, 0.2) is 0 Å². The van der Waals surface area contributed by atoms with E-state index in [1.807, 2.05) is 6.92 Å². The summed E-state index contributed by atoms with van der Waals surface area (Å²) in [5.74, 6) is 0.853. The van der Waals surface area contributed by atoms with Crippen LogP contribution in [0, 0.1) is 0 Å². The molecule has 0 unspecified atom stereocenters. The van der Waals surface area contributed by atoms with Crippen LogP contribution in [0.4, 0.5) is 11.5 Å². The van der Waals surface area contributed by atoms with Crippen LogP contribution in [0.5, 0.6) is 0 Å². The predicted octanol–water partition coefficient (Wildman–Crippen LogP) is 1.13. The van der Waals surface area contributed by atoms with E-state index in [4.69, 9.17) is 10.2 Å². The summed E-state index contributed by atoms with van der Waals surface area (Å²) in [5.41, 5.74) is 5.39. The normalized spacial score (nSPS) is 10.8. The molecule has 3 N–H and O–H groups in total. The van der Waals surface area contributed by atoms with Gasteiger partial charge in [0, 0.05) is 13.6 Å². The van der Waals surface area contributed by atoms with Crippen LogP contribution < -0.4 is 22.3 Å². The van der Waals surface area contributed by atoms with Gasteiger partial charge >= 0.3 is 5.69 Å². The molecule has 0 aliphatic heterocycles. The van der Waals surface area contributed by atoms with Gasteiger partial charge in [0.25, 0.3) is 5.56 Å². The summed E-state index contributed by atoms with van der Waals surface area (Å²) >= 11 is 0. The van der Waals surface area contributed by atoms with Gasteiger partial charge < -0.3 is 15.5 Å². The van der Waals surface area contributed by atoms with E-state index in [0.717, 1.165) is 17.4 Å².